The molecule has 3 atom stereocenters. The molecule has 1 saturated heterocycles. The lowest BCUT2D eigenvalue weighted by Gasteiger charge is -2.32. The van der Waals surface area contributed by atoms with Crippen LogP contribution in [0, 0.1) is 17.2 Å². The fourth-order valence-electron chi connectivity index (χ4n) is 9.00. The predicted molar refractivity (Wildman–Crippen MR) is 214 cm³/mol. The molecule has 5 aliphatic rings. The van der Waals surface area contributed by atoms with Crippen LogP contribution in [0.25, 0.3) is 16.8 Å². The van der Waals surface area contributed by atoms with Gasteiger partial charge in [-0.15, -0.1) is 0 Å². The van der Waals surface area contributed by atoms with E-state index in [9.17, 15) is 0 Å². The van der Waals surface area contributed by atoms with Crippen molar-refractivity contribution >= 4 is 35.0 Å². The molecule has 7 rings (SSSR count). The summed E-state index contributed by atoms with van der Waals surface area (Å²) in [5.74, 6) is 1.33. The summed E-state index contributed by atoms with van der Waals surface area (Å²) >= 11 is 6.00. The number of amidine groups is 1. The molecule has 2 saturated carbocycles. The lowest BCUT2D eigenvalue weighted by Crippen LogP contribution is -2.46. The van der Waals surface area contributed by atoms with E-state index in [1.165, 1.54) is 76.6 Å². The Balaban J connectivity index is 1.09. The van der Waals surface area contributed by atoms with Gasteiger partial charge in [-0.2, -0.15) is 0 Å². The largest absolute Gasteiger partial charge is 0.389 e. The van der Waals surface area contributed by atoms with Crippen molar-refractivity contribution in [2.24, 2.45) is 21.3 Å². The van der Waals surface area contributed by atoms with Crippen LogP contribution in [0.2, 0.25) is 0 Å². The maximum absolute atomic E-state index is 16.1. The Morgan fingerprint density at radius 1 is 1.18 bits per heavy atom. The van der Waals surface area contributed by atoms with Crippen molar-refractivity contribution in [1.29, 1.82) is 0 Å². The Kier molecular flexibility index (Phi) is 10.6. The van der Waals surface area contributed by atoms with Crippen molar-refractivity contribution < 1.29 is 4.39 Å². The minimum atomic E-state index is -0.452. The molecule has 51 heavy (non-hydrogen) atoms. The van der Waals surface area contributed by atoms with E-state index in [0.29, 0.717) is 33.8 Å². The van der Waals surface area contributed by atoms with Crippen LogP contribution in [0.4, 0.5) is 4.39 Å². The molecular formula is C43H55FN6S. The van der Waals surface area contributed by atoms with Crippen LogP contribution < -0.4 is 10.6 Å². The lowest BCUT2D eigenvalue weighted by molar-refractivity contribution is 0.269. The fraction of sp³-hybridized carbons (Fsp3) is 0.512. The fourth-order valence-corrected chi connectivity index (χ4v) is 9.39. The van der Waals surface area contributed by atoms with Crippen LogP contribution in [0.1, 0.15) is 102 Å². The van der Waals surface area contributed by atoms with Gasteiger partial charge in [0.1, 0.15) is 22.7 Å². The number of benzene rings is 2. The third kappa shape index (κ3) is 7.50. The summed E-state index contributed by atoms with van der Waals surface area (Å²) in [7, 11) is 0. The second-order valence-corrected chi connectivity index (χ2v) is 16.2. The number of halogens is 1. The van der Waals surface area contributed by atoms with E-state index in [1.807, 2.05) is 32.3 Å². The van der Waals surface area contributed by atoms with E-state index in [-0.39, 0.29) is 5.82 Å². The highest BCUT2D eigenvalue weighted by molar-refractivity contribution is 7.80. The van der Waals surface area contributed by atoms with Gasteiger partial charge in [-0.3, -0.25) is 4.99 Å². The van der Waals surface area contributed by atoms with Crippen LogP contribution in [-0.2, 0) is 12.0 Å². The lowest BCUT2D eigenvalue weighted by atomic mass is 9.86. The first-order valence-corrected chi connectivity index (χ1v) is 19.7. The first-order valence-electron chi connectivity index (χ1n) is 19.3. The minimum Gasteiger partial charge on any atom is -0.389 e. The Bertz CT molecular complexity index is 1750. The Labute approximate surface area is 310 Å². The van der Waals surface area contributed by atoms with Gasteiger partial charge in [0.25, 0.3) is 0 Å². The summed E-state index contributed by atoms with van der Waals surface area (Å²) in [5.41, 5.74) is 7.21. The third-order valence-electron chi connectivity index (χ3n) is 12.2. The molecule has 6 nitrogen and oxygen atoms in total. The molecule has 1 spiro atoms. The monoisotopic (exact) mass is 706 g/mol. The summed E-state index contributed by atoms with van der Waals surface area (Å²) < 4.78 is 16.1. The predicted octanol–water partition coefficient (Wildman–Crippen LogP) is 9.14. The molecule has 3 unspecified atom stereocenters. The number of rotatable bonds is 10. The molecular weight excluding hydrogens is 652 g/mol. The van der Waals surface area contributed by atoms with Gasteiger partial charge in [-0.1, -0.05) is 56.1 Å². The molecule has 0 bridgehead atoms. The zero-order chi connectivity index (χ0) is 35.6. The van der Waals surface area contributed by atoms with Crippen molar-refractivity contribution in [2.45, 2.75) is 103 Å². The topological polar surface area (TPSA) is 55.3 Å². The van der Waals surface area contributed by atoms with Gasteiger partial charge < -0.3 is 20.4 Å². The molecule has 2 aromatic rings. The average molecular weight is 707 g/mol. The summed E-state index contributed by atoms with van der Waals surface area (Å²) in [4.78, 5) is 14.6. The normalized spacial score (nSPS) is 25.1. The van der Waals surface area contributed by atoms with Crippen LogP contribution in [0.5, 0.6) is 0 Å². The number of nitrogens with zero attached hydrogens (tertiary/aromatic N) is 4. The molecule has 0 aromatic heterocycles. The zero-order valence-electron chi connectivity index (χ0n) is 30.8. The number of fused-ring (bicyclic) bond motifs is 1. The summed E-state index contributed by atoms with van der Waals surface area (Å²) in [6.07, 6.45) is 20.0. The van der Waals surface area contributed by atoms with Crippen LogP contribution in [0.3, 0.4) is 0 Å². The van der Waals surface area contributed by atoms with Gasteiger partial charge >= 0.3 is 0 Å². The highest BCUT2D eigenvalue weighted by Crippen LogP contribution is 2.80. The highest BCUT2D eigenvalue weighted by atomic mass is 32.1. The zero-order valence-corrected chi connectivity index (χ0v) is 31.6. The number of nitrogens with one attached hydrogen (secondary N) is 2. The van der Waals surface area contributed by atoms with Gasteiger partial charge in [0.2, 0.25) is 0 Å². The number of likely N-dealkylation sites (tertiary alicyclic amines) is 1. The summed E-state index contributed by atoms with van der Waals surface area (Å²) in [6, 6.07) is 12.5. The number of hydrogen-bond donors (Lipinski definition) is 2. The molecule has 8 heteroatoms. The third-order valence-corrected chi connectivity index (χ3v) is 12.6. The van der Waals surface area contributed by atoms with Crippen molar-refractivity contribution in [1.82, 2.24) is 20.4 Å². The Morgan fingerprint density at radius 2 is 2.00 bits per heavy atom. The molecule has 270 valence electrons. The highest BCUT2D eigenvalue weighted by Gasteiger charge is 2.73. The smallest absolute Gasteiger partial charge is 0.129 e. The molecule has 3 fully saturated rings. The number of hydrogen-bond acceptors (Lipinski definition) is 6. The van der Waals surface area contributed by atoms with Gasteiger partial charge in [0.05, 0.1) is 5.70 Å². The SMILES string of the molecule is C=C1c2cc(-c3ccc(C4(CCCN5CCCC(C)CC5)CC45CC5)cc3)cc(F)c2CN1C(C(=S)NC(C)=N/C=C\C)C1=CNCCCC=N1. The van der Waals surface area contributed by atoms with Crippen LogP contribution in [0.15, 0.2) is 77.1 Å². The molecule has 2 aromatic carbocycles. The Morgan fingerprint density at radius 3 is 2.76 bits per heavy atom. The van der Waals surface area contributed by atoms with E-state index in [4.69, 9.17) is 17.2 Å². The molecule has 0 amide bonds. The number of thiocarbonyl (C=S) groups is 1. The summed E-state index contributed by atoms with van der Waals surface area (Å²) in [6.45, 7) is 15.7. The molecule has 2 aliphatic carbocycles. The molecule has 2 N–H and O–H groups in total. The second kappa shape index (κ2) is 15.2. The average Bonchev–Trinajstić information content (AvgIpc) is 4.01. The van der Waals surface area contributed by atoms with E-state index in [0.717, 1.165) is 53.4 Å². The van der Waals surface area contributed by atoms with Gasteiger partial charge in [0, 0.05) is 53.9 Å². The maximum Gasteiger partial charge on any atom is 0.129 e. The summed E-state index contributed by atoms with van der Waals surface area (Å²) in [5, 5.41) is 6.68. The van der Waals surface area contributed by atoms with Gasteiger partial charge in [-0.05, 0) is 138 Å². The van der Waals surface area contributed by atoms with E-state index >= 15 is 4.39 Å². The van der Waals surface area contributed by atoms with Gasteiger partial charge in [0.15, 0.2) is 0 Å². The first kappa shape index (κ1) is 35.8. The minimum absolute atomic E-state index is 0.217. The number of aliphatic imine (C=N–C) groups is 2. The van der Waals surface area contributed by atoms with Crippen molar-refractivity contribution in [3.8, 4) is 11.1 Å². The molecule has 0 radical (unpaired) electrons. The van der Waals surface area contributed by atoms with E-state index < -0.39 is 6.04 Å². The van der Waals surface area contributed by atoms with Crippen molar-refractivity contribution in [3.63, 3.8) is 0 Å². The number of allylic oxidation sites excluding steroid dienone is 1. The van der Waals surface area contributed by atoms with E-state index in [2.05, 4.69) is 69.3 Å². The van der Waals surface area contributed by atoms with Crippen molar-refractivity contribution in [2.75, 3.05) is 26.2 Å². The van der Waals surface area contributed by atoms with Crippen LogP contribution >= 0.6 is 12.2 Å². The quantitative estimate of drug-likeness (QED) is 0.147. The molecule has 3 heterocycles. The van der Waals surface area contributed by atoms with Gasteiger partial charge in [-0.25, -0.2) is 9.38 Å². The maximum atomic E-state index is 16.1. The molecule has 3 aliphatic heterocycles. The second-order valence-electron chi connectivity index (χ2n) is 15.7. The standard InChI is InChI=1S/C43H55FN6S/c1-5-19-46-32(4)48-41(51)40(39-27-45-20-6-7-21-47-39)50-28-37-36(31(50)3)25-34(26-38(37)44)33-11-13-35(14-12-33)43(29-42(43)17-18-42)16-9-23-49-22-8-10-30(2)15-24-49/h5,11-14,19,21,25-27,30,40,45H,3,6-10,15-18,20,22-24,28-29H2,1-2,4H3,(H,46,48,51)/b19-5-,39-27?,47-21?. The first-order chi connectivity index (χ1) is 24.7. The van der Waals surface area contributed by atoms with E-state index in [1.54, 1.807) is 12.3 Å². The van der Waals surface area contributed by atoms with Crippen molar-refractivity contribution in [3.05, 3.63) is 89.7 Å². The Hall–Kier alpha value is -3.62. The van der Waals surface area contributed by atoms with Crippen LogP contribution in [-0.4, -0.2) is 59.1 Å².